The number of rotatable bonds is 4. The summed E-state index contributed by atoms with van der Waals surface area (Å²) < 4.78 is 60.6. The molecule has 24 nitrogen and oxygen atoms in total. The van der Waals surface area contributed by atoms with Crippen molar-refractivity contribution in [3.05, 3.63) is 46.5 Å². The summed E-state index contributed by atoms with van der Waals surface area (Å²) in [5.41, 5.74) is 3.84. The number of H-pyrrole nitrogens is 2. The van der Waals surface area contributed by atoms with Crippen LogP contribution in [0.2, 0.25) is 0 Å². The Morgan fingerprint density at radius 3 is 2.04 bits per heavy atom. The smallest absolute Gasteiger partial charge is 0.472 e. The van der Waals surface area contributed by atoms with E-state index in [1.54, 1.807) is 6.92 Å². The van der Waals surface area contributed by atoms with Gasteiger partial charge >= 0.3 is 7.82 Å². The van der Waals surface area contributed by atoms with E-state index in [0.717, 1.165) is 21.8 Å². The Kier molecular flexibility index (Phi) is 9.82. The molecule has 10 atom stereocenters. The highest BCUT2D eigenvalue weighted by Crippen LogP contribution is 2.52. The molecule has 0 bridgehead atoms. The van der Waals surface area contributed by atoms with Gasteiger partial charge in [-0.05, 0) is 6.92 Å². The van der Waals surface area contributed by atoms with Crippen LogP contribution in [0.4, 0.5) is 11.9 Å². The molecule has 8 N–H and O–H groups in total. The minimum absolute atomic E-state index is 0.0450. The van der Waals surface area contributed by atoms with E-state index in [4.69, 9.17) is 33.3 Å². The van der Waals surface area contributed by atoms with Crippen LogP contribution in [-0.4, -0.2) is 111 Å². The summed E-state index contributed by atoms with van der Waals surface area (Å²) >= 11 is 0. The predicted molar refractivity (Wildman–Crippen MR) is 165 cm³/mol. The number of nitrogens with zero attached hydrogens (tertiary/aromatic N) is 6. The van der Waals surface area contributed by atoms with Gasteiger partial charge in [0.15, 0.2) is 34.8 Å². The maximum absolute atomic E-state index is 13.1. The van der Waals surface area contributed by atoms with Crippen LogP contribution >= 0.6 is 15.6 Å². The molecule has 7 rings (SSSR count). The summed E-state index contributed by atoms with van der Waals surface area (Å²) in [5, 5.41) is 25.2. The number of aromatic amines is 2. The Morgan fingerprint density at radius 1 is 0.940 bits per heavy atom. The average Bonchev–Trinajstić information content (AvgIpc) is 3.81. The molecular weight excluding hydrogens is 714 g/mol. The number of aliphatic hydroxyl groups excluding tert-OH is 2. The molecule has 50 heavy (non-hydrogen) atoms. The van der Waals surface area contributed by atoms with E-state index >= 15 is 0 Å². The van der Waals surface area contributed by atoms with Gasteiger partial charge in [0.1, 0.15) is 36.6 Å². The van der Waals surface area contributed by atoms with E-state index in [-0.39, 0.29) is 34.2 Å². The predicted octanol–water partition coefficient (Wildman–Crippen LogP) is -2.03. The van der Waals surface area contributed by atoms with E-state index in [2.05, 4.69) is 48.4 Å². The number of fused-ring (bicyclic) bond motifs is 4. The molecule has 3 saturated heterocycles. The number of anilines is 2. The summed E-state index contributed by atoms with van der Waals surface area (Å²) in [4.78, 5) is 69.4. The molecule has 0 aliphatic carbocycles. The lowest BCUT2D eigenvalue weighted by molar-refractivity contribution is -0.236. The van der Waals surface area contributed by atoms with Crippen molar-refractivity contribution in [1.29, 1.82) is 0 Å². The minimum Gasteiger partial charge on any atom is -0.756 e. The van der Waals surface area contributed by atoms with Crippen molar-refractivity contribution in [3.8, 4) is 0 Å². The third kappa shape index (κ3) is 6.64. The fourth-order valence-electron chi connectivity index (χ4n) is 5.62. The fraction of sp³-hybridized carbons (Fsp3) is 0.500. The molecular formula is C24H31N10O14P2-. The SMILES string of the molecule is C=C.CCNc1nc2c(ncn2[C@@H]2O[C@@H]3COP(=O)(O)O[C@H]4[C@@H](O)[C@H](n5cnc6c(=O)[nH]c(N)nc65)O[C@@H]4COP(=O)([O-])O[C@H]3[C@H]2O)c(=O)[nH]1. The molecule has 272 valence electrons. The first-order chi connectivity index (χ1) is 23.7. The first-order valence-corrected chi connectivity index (χ1v) is 17.6. The van der Waals surface area contributed by atoms with Gasteiger partial charge in [-0.15, -0.1) is 13.2 Å². The monoisotopic (exact) mass is 745 g/mol. The quantitative estimate of drug-likeness (QED) is 0.0874. The fourth-order valence-corrected chi connectivity index (χ4v) is 7.53. The van der Waals surface area contributed by atoms with Crippen LogP contribution in [-0.2, 0) is 36.7 Å². The third-order valence-electron chi connectivity index (χ3n) is 7.70. The van der Waals surface area contributed by atoms with Gasteiger partial charge in [0.2, 0.25) is 11.9 Å². The number of aromatic nitrogens is 8. The maximum atomic E-state index is 13.1. The highest BCUT2D eigenvalue weighted by Gasteiger charge is 2.53. The zero-order valence-electron chi connectivity index (χ0n) is 25.8. The minimum atomic E-state index is -5.35. The van der Waals surface area contributed by atoms with E-state index in [0.29, 0.717) is 6.54 Å². The molecule has 0 aromatic carbocycles. The van der Waals surface area contributed by atoms with Crippen LogP contribution in [0.5, 0.6) is 0 Å². The second kappa shape index (κ2) is 13.7. The Hall–Kier alpha value is -3.90. The van der Waals surface area contributed by atoms with Gasteiger partial charge in [-0.3, -0.25) is 42.3 Å². The second-order valence-corrected chi connectivity index (χ2v) is 13.6. The molecule has 26 heteroatoms. The molecule has 0 spiro atoms. The van der Waals surface area contributed by atoms with Gasteiger partial charge in [0.05, 0.1) is 25.9 Å². The first kappa shape index (κ1) is 35.9. The average molecular weight is 746 g/mol. The van der Waals surface area contributed by atoms with E-state index in [1.807, 2.05) is 0 Å². The standard InChI is InChI=1S/C22H28N10O14P2.C2H4/c1-2-24-22-28-16-10(18(36)30-22)26-6-32(16)20-12(34)14-8(44-20)4-42-47(37,38)45-13-7(3-41-48(39,40)46-14)43-19(11(13)33)31-5-25-9-15(31)27-21(23)29-17(9)35;1-2/h5-8,11-14,19-20,33-34H,2-4H2,1H3,(H,37,38)(H,39,40)(H3,23,27,29,35)(H2,24,28,30,36);1-2H2/p-1/t7-,8-,11-,12-,13-,14-,19-,20-;/m1./s1. The van der Waals surface area contributed by atoms with Gasteiger partial charge in [-0.2, -0.15) is 9.97 Å². The summed E-state index contributed by atoms with van der Waals surface area (Å²) in [6, 6.07) is 0. The number of hydrogen-bond donors (Lipinski definition) is 7. The van der Waals surface area contributed by atoms with Gasteiger partial charge in [-0.25, -0.2) is 14.5 Å². The summed E-state index contributed by atoms with van der Waals surface area (Å²) in [7, 11) is -10.5. The van der Waals surface area contributed by atoms with Crippen molar-refractivity contribution < 1.29 is 56.7 Å². The lowest BCUT2D eigenvalue weighted by Crippen LogP contribution is -2.40. The number of phosphoric acid groups is 2. The zero-order valence-corrected chi connectivity index (χ0v) is 27.6. The Bertz CT molecular complexity index is 2100. The van der Waals surface area contributed by atoms with Gasteiger partial charge in [-0.1, -0.05) is 0 Å². The van der Waals surface area contributed by atoms with Crippen molar-refractivity contribution in [2.75, 3.05) is 30.8 Å². The largest absolute Gasteiger partial charge is 0.756 e. The van der Waals surface area contributed by atoms with Crippen LogP contribution in [0.1, 0.15) is 19.4 Å². The third-order valence-corrected chi connectivity index (χ3v) is 9.65. The van der Waals surface area contributed by atoms with Crippen molar-refractivity contribution in [2.45, 2.75) is 56.0 Å². The molecule has 0 radical (unpaired) electrons. The second-order valence-electron chi connectivity index (χ2n) is 10.8. The number of nitrogens with one attached hydrogen (secondary N) is 3. The maximum Gasteiger partial charge on any atom is 0.472 e. The molecule has 0 amide bonds. The number of imidazole rings is 2. The van der Waals surface area contributed by atoms with Gasteiger partial charge < -0.3 is 49.6 Å². The number of aliphatic hydroxyl groups is 2. The molecule has 7 heterocycles. The van der Waals surface area contributed by atoms with Crippen molar-refractivity contribution in [1.82, 2.24) is 39.0 Å². The normalized spacial score (nSPS) is 34.7. The van der Waals surface area contributed by atoms with Crippen LogP contribution in [0.3, 0.4) is 0 Å². The molecule has 4 aromatic heterocycles. The number of nitrogen functional groups attached to an aromatic ring is 1. The van der Waals surface area contributed by atoms with Crippen molar-refractivity contribution in [2.24, 2.45) is 0 Å². The van der Waals surface area contributed by atoms with E-state index < -0.39 is 89.1 Å². The molecule has 3 aliphatic heterocycles. The van der Waals surface area contributed by atoms with Crippen molar-refractivity contribution >= 4 is 49.9 Å². The Morgan fingerprint density at radius 2 is 1.46 bits per heavy atom. The van der Waals surface area contributed by atoms with Crippen molar-refractivity contribution in [3.63, 3.8) is 0 Å². The Labute approximate surface area is 279 Å². The molecule has 3 fully saturated rings. The molecule has 4 aromatic rings. The summed E-state index contributed by atoms with van der Waals surface area (Å²) in [6.45, 7) is 6.36. The summed E-state index contributed by atoms with van der Waals surface area (Å²) in [5.74, 6) is -0.203. The lowest BCUT2D eigenvalue weighted by atomic mass is 10.1. The highest BCUT2D eigenvalue weighted by atomic mass is 31.2. The van der Waals surface area contributed by atoms with Gasteiger partial charge in [0.25, 0.3) is 18.9 Å². The highest BCUT2D eigenvalue weighted by molar-refractivity contribution is 7.47. The molecule has 3 aliphatic rings. The van der Waals surface area contributed by atoms with E-state index in [1.165, 1.54) is 0 Å². The van der Waals surface area contributed by atoms with E-state index in [9.17, 15) is 38.7 Å². The topological polar surface area (TPSA) is 338 Å². The number of ether oxygens (including phenoxy) is 2. The van der Waals surface area contributed by atoms with Crippen LogP contribution in [0, 0.1) is 0 Å². The zero-order chi connectivity index (χ0) is 36.1. The molecule has 0 saturated carbocycles. The molecule has 2 unspecified atom stereocenters. The Balaban J connectivity index is 0.00000212. The van der Waals surface area contributed by atoms with Crippen LogP contribution in [0.25, 0.3) is 22.3 Å². The van der Waals surface area contributed by atoms with Crippen LogP contribution in [0.15, 0.2) is 35.4 Å². The summed E-state index contributed by atoms with van der Waals surface area (Å²) in [6.07, 6.45) is -11.0. The number of nitrogens with two attached hydrogens (primary N) is 1. The van der Waals surface area contributed by atoms with Gasteiger partial charge in [0, 0.05) is 6.54 Å². The lowest BCUT2D eigenvalue weighted by Gasteiger charge is -2.32. The first-order valence-electron chi connectivity index (χ1n) is 14.6. The number of hydrogen-bond acceptors (Lipinski definition) is 19. The number of phosphoric ester groups is 2. The van der Waals surface area contributed by atoms with Crippen LogP contribution < -0.4 is 27.1 Å².